The summed E-state index contributed by atoms with van der Waals surface area (Å²) >= 11 is 0. The largest absolute Gasteiger partial charge is 0.548 e. The Morgan fingerprint density at radius 2 is 1.79 bits per heavy atom. The number of hydrogen-bond acceptors (Lipinski definition) is 5. The van der Waals surface area contributed by atoms with Crippen molar-refractivity contribution in [2.75, 3.05) is 30.4 Å². The van der Waals surface area contributed by atoms with E-state index in [-0.39, 0.29) is 10.8 Å². The Bertz CT molecular complexity index is 1430. The van der Waals surface area contributed by atoms with Crippen LogP contribution in [0.15, 0.2) is 78.5 Å². The van der Waals surface area contributed by atoms with Crippen LogP contribution in [-0.4, -0.2) is 54.1 Å². The zero-order valence-electron chi connectivity index (χ0n) is 23.8. The lowest BCUT2D eigenvalue weighted by atomic mass is 9.81. The van der Waals surface area contributed by atoms with Crippen LogP contribution < -0.4 is 14.9 Å². The summed E-state index contributed by atoms with van der Waals surface area (Å²) in [6.45, 7) is 9.53. The first-order valence-electron chi connectivity index (χ1n) is 13.8. The SMILES string of the molecule is CN1C(=CC=CC=CC2=[N+](C)c3ccccc3C2(C)C)C(C)(C)c2ccc(N3CCCC(O)C3C(=O)[O-])cc21. The van der Waals surface area contributed by atoms with Crippen LogP contribution in [0.1, 0.15) is 51.7 Å². The fourth-order valence-electron chi connectivity index (χ4n) is 6.72. The highest BCUT2D eigenvalue weighted by Gasteiger charge is 2.42. The number of carbonyl (C=O) groups is 1. The second kappa shape index (κ2) is 9.83. The van der Waals surface area contributed by atoms with E-state index in [0.29, 0.717) is 13.0 Å². The number of benzene rings is 2. The molecule has 3 heterocycles. The van der Waals surface area contributed by atoms with Gasteiger partial charge in [-0.3, -0.25) is 0 Å². The third kappa shape index (κ3) is 4.41. The third-order valence-corrected chi connectivity index (χ3v) is 8.86. The van der Waals surface area contributed by atoms with Crippen LogP contribution in [0.4, 0.5) is 17.1 Å². The van der Waals surface area contributed by atoms with Crippen LogP contribution in [0.25, 0.3) is 0 Å². The number of carboxylic acid groups (broad SMARTS) is 1. The lowest BCUT2D eigenvalue weighted by molar-refractivity contribution is -0.401. The van der Waals surface area contributed by atoms with Crippen LogP contribution >= 0.6 is 0 Å². The van der Waals surface area contributed by atoms with Crippen molar-refractivity contribution in [1.82, 2.24) is 0 Å². The van der Waals surface area contributed by atoms with Crippen molar-refractivity contribution in [2.45, 2.75) is 63.5 Å². The lowest BCUT2D eigenvalue weighted by Gasteiger charge is -2.41. The van der Waals surface area contributed by atoms with Crippen molar-refractivity contribution < 1.29 is 19.6 Å². The predicted octanol–water partition coefficient (Wildman–Crippen LogP) is 4.20. The maximum atomic E-state index is 11.8. The number of fused-ring (bicyclic) bond motifs is 2. The average Bonchev–Trinajstić information content (AvgIpc) is 3.21. The van der Waals surface area contributed by atoms with Crippen molar-refractivity contribution in [3.05, 3.63) is 89.7 Å². The van der Waals surface area contributed by atoms with Gasteiger partial charge in [0.05, 0.1) is 23.5 Å². The molecule has 0 aliphatic carbocycles. The number of hydrogen-bond donors (Lipinski definition) is 1. The maximum Gasteiger partial charge on any atom is 0.209 e. The van der Waals surface area contributed by atoms with Gasteiger partial charge in [-0.2, -0.15) is 4.58 Å². The smallest absolute Gasteiger partial charge is 0.209 e. The molecule has 1 N–H and O–H groups in total. The lowest BCUT2D eigenvalue weighted by Crippen LogP contribution is -2.57. The number of aliphatic hydroxyl groups is 1. The van der Waals surface area contributed by atoms with E-state index in [4.69, 9.17) is 0 Å². The Hall–Kier alpha value is -3.64. The number of likely N-dealkylation sites (N-methyl/N-ethyl adjacent to an activating group) is 1. The van der Waals surface area contributed by atoms with Gasteiger partial charge in [0.2, 0.25) is 5.69 Å². The third-order valence-electron chi connectivity index (χ3n) is 8.86. The standard InChI is InChI=1S/C33H39N3O3/c1-32(2)23-13-10-11-14-25(23)34(5)28(32)16-8-7-9-17-29-33(3,4)24-19-18-22(21-26(24)35(29)6)36-20-12-15-27(37)30(36)31(38)39/h7-11,13-14,16-19,21,27,30,37H,12,15,20H2,1-6H3. The van der Waals surface area contributed by atoms with Gasteiger partial charge in [-0.1, -0.05) is 56.3 Å². The minimum atomic E-state index is -1.23. The zero-order chi connectivity index (χ0) is 28.1. The number of allylic oxidation sites excluding steroid dienone is 6. The minimum absolute atomic E-state index is 0.0543. The molecule has 2 unspecified atom stereocenters. The first kappa shape index (κ1) is 26.9. The molecule has 0 spiro atoms. The van der Waals surface area contributed by atoms with Gasteiger partial charge >= 0.3 is 0 Å². The second-order valence-electron chi connectivity index (χ2n) is 11.9. The molecule has 2 aromatic rings. The minimum Gasteiger partial charge on any atom is -0.548 e. The number of anilines is 2. The van der Waals surface area contributed by atoms with Crippen LogP contribution in [0.2, 0.25) is 0 Å². The van der Waals surface area contributed by atoms with E-state index in [1.807, 2.05) is 12.1 Å². The molecule has 39 heavy (non-hydrogen) atoms. The quantitative estimate of drug-likeness (QED) is 0.468. The van der Waals surface area contributed by atoms with Crippen molar-refractivity contribution >= 4 is 28.7 Å². The van der Waals surface area contributed by atoms with E-state index in [9.17, 15) is 15.0 Å². The van der Waals surface area contributed by atoms with Gasteiger partial charge < -0.3 is 24.8 Å². The van der Waals surface area contributed by atoms with Gasteiger partial charge in [-0.15, -0.1) is 0 Å². The fraction of sp³-hybridized carbons (Fsp3) is 0.394. The molecule has 0 aromatic heterocycles. The molecule has 6 heteroatoms. The second-order valence-corrected chi connectivity index (χ2v) is 11.9. The van der Waals surface area contributed by atoms with E-state index in [1.54, 1.807) is 4.90 Å². The normalized spacial score (nSPS) is 24.7. The monoisotopic (exact) mass is 525 g/mol. The summed E-state index contributed by atoms with van der Waals surface area (Å²) in [5.74, 6) is -1.23. The molecule has 0 radical (unpaired) electrons. The summed E-state index contributed by atoms with van der Waals surface area (Å²) in [7, 11) is 4.18. The van der Waals surface area contributed by atoms with Gasteiger partial charge in [-0.25, -0.2) is 0 Å². The van der Waals surface area contributed by atoms with Crippen LogP contribution in [-0.2, 0) is 15.6 Å². The number of carboxylic acids is 1. The van der Waals surface area contributed by atoms with Crippen LogP contribution in [0.3, 0.4) is 0 Å². The topological polar surface area (TPSA) is 69.8 Å². The molecule has 1 fully saturated rings. The molecule has 2 aromatic carbocycles. The Morgan fingerprint density at radius 1 is 1.05 bits per heavy atom. The molecule has 0 bridgehead atoms. The molecule has 3 aliphatic heterocycles. The fourth-order valence-corrected chi connectivity index (χ4v) is 6.72. The molecule has 6 nitrogen and oxygen atoms in total. The summed E-state index contributed by atoms with van der Waals surface area (Å²) in [6.07, 6.45) is 10.9. The highest BCUT2D eigenvalue weighted by Crippen LogP contribution is 2.48. The number of aliphatic hydroxyl groups excluding tert-OH is 1. The molecule has 204 valence electrons. The van der Waals surface area contributed by atoms with Gasteiger partial charge in [0.1, 0.15) is 7.05 Å². The van der Waals surface area contributed by atoms with Gasteiger partial charge in [-0.05, 0) is 50.5 Å². The average molecular weight is 526 g/mol. The van der Waals surface area contributed by atoms with E-state index < -0.39 is 18.1 Å². The summed E-state index contributed by atoms with van der Waals surface area (Å²) in [5, 5.41) is 22.2. The number of carbonyl (C=O) groups excluding carboxylic acids is 1. The highest BCUT2D eigenvalue weighted by molar-refractivity contribution is 6.03. The van der Waals surface area contributed by atoms with Gasteiger partial charge in [0, 0.05) is 53.8 Å². The van der Waals surface area contributed by atoms with E-state index in [2.05, 4.69) is 112 Å². The summed E-state index contributed by atoms with van der Waals surface area (Å²) < 4.78 is 2.27. The van der Waals surface area contributed by atoms with Crippen LogP contribution in [0.5, 0.6) is 0 Å². The predicted molar refractivity (Wildman–Crippen MR) is 156 cm³/mol. The molecule has 0 saturated carbocycles. The molecule has 5 rings (SSSR count). The summed E-state index contributed by atoms with van der Waals surface area (Å²) in [6, 6.07) is 13.6. The van der Waals surface area contributed by atoms with Crippen LogP contribution in [0, 0.1) is 0 Å². The Kier molecular flexibility index (Phi) is 6.79. The van der Waals surface area contributed by atoms with E-state index in [1.165, 1.54) is 22.5 Å². The molecule has 1 saturated heterocycles. The molecule has 2 atom stereocenters. The highest BCUT2D eigenvalue weighted by atomic mass is 16.4. The van der Waals surface area contributed by atoms with E-state index >= 15 is 0 Å². The molecular weight excluding hydrogens is 486 g/mol. The maximum absolute atomic E-state index is 11.8. The van der Waals surface area contributed by atoms with E-state index in [0.717, 1.165) is 23.5 Å². The number of aliphatic carboxylic acids is 1. The van der Waals surface area contributed by atoms with Gasteiger partial charge in [0.15, 0.2) is 5.71 Å². The summed E-state index contributed by atoms with van der Waals surface area (Å²) in [4.78, 5) is 15.8. The Labute approximate surface area is 231 Å². The molecule has 0 amide bonds. The van der Waals surface area contributed by atoms with Crippen molar-refractivity contribution in [3.63, 3.8) is 0 Å². The van der Waals surface area contributed by atoms with Crippen molar-refractivity contribution in [1.29, 1.82) is 0 Å². The molecule has 3 aliphatic rings. The first-order valence-corrected chi connectivity index (χ1v) is 13.8. The number of para-hydroxylation sites is 1. The Morgan fingerprint density at radius 3 is 2.51 bits per heavy atom. The Balaban J connectivity index is 1.38. The number of piperidine rings is 1. The number of rotatable bonds is 5. The zero-order valence-corrected chi connectivity index (χ0v) is 23.8. The molecular formula is C33H39N3O3. The number of nitrogens with zero attached hydrogens (tertiary/aromatic N) is 3. The van der Waals surface area contributed by atoms with Gasteiger partial charge in [0.25, 0.3) is 0 Å². The summed E-state index contributed by atoms with van der Waals surface area (Å²) in [5.41, 5.74) is 7.79. The van der Waals surface area contributed by atoms with Crippen molar-refractivity contribution in [3.8, 4) is 0 Å². The first-order chi connectivity index (χ1) is 18.5. The van der Waals surface area contributed by atoms with Crippen molar-refractivity contribution in [2.24, 2.45) is 0 Å².